The SMILES string of the molecule is Cc1ns/c(=N/C(=S)N(C)C)n1C. The monoisotopic (exact) mass is 216 g/mol. The van der Waals surface area contributed by atoms with Gasteiger partial charge in [-0.15, -0.1) is 0 Å². The highest BCUT2D eigenvalue weighted by molar-refractivity contribution is 7.80. The van der Waals surface area contributed by atoms with Gasteiger partial charge in [-0.2, -0.15) is 9.37 Å². The molecule has 0 unspecified atom stereocenters. The maximum Gasteiger partial charge on any atom is 0.211 e. The highest BCUT2D eigenvalue weighted by atomic mass is 32.1. The molecule has 0 fully saturated rings. The number of thiocarbonyl (C=S) groups is 1. The van der Waals surface area contributed by atoms with Crippen LogP contribution in [0.1, 0.15) is 5.82 Å². The fraction of sp³-hybridized carbons (Fsp3) is 0.571. The van der Waals surface area contributed by atoms with Crippen LogP contribution < -0.4 is 4.80 Å². The van der Waals surface area contributed by atoms with Gasteiger partial charge in [-0.05, 0) is 19.1 Å². The Bertz CT molecular complexity index is 374. The van der Waals surface area contributed by atoms with Crippen LogP contribution in [0.15, 0.2) is 4.99 Å². The van der Waals surface area contributed by atoms with Crippen LogP contribution in [0, 0.1) is 6.92 Å². The normalized spacial score (nSPS) is 11.8. The fourth-order valence-electron chi connectivity index (χ4n) is 0.645. The van der Waals surface area contributed by atoms with Gasteiger partial charge in [0, 0.05) is 32.7 Å². The van der Waals surface area contributed by atoms with Crippen LogP contribution in [0.25, 0.3) is 0 Å². The topological polar surface area (TPSA) is 33.4 Å². The fourth-order valence-corrected chi connectivity index (χ4v) is 1.51. The Morgan fingerprint density at radius 3 is 2.62 bits per heavy atom. The van der Waals surface area contributed by atoms with Gasteiger partial charge in [0.25, 0.3) is 0 Å². The molecule has 0 radical (unpaired) electrons. The van der Waals surface area contributed by atoms with Crippen molar-refractivity contribution in [2.75, 3.05) is 14.1 Å². The average molecular weight is 216 g/mol. The van der Waals surface area contributed by atoms with Crippen LogP contribution in [-0.2, 0) is 7.05 Å². The molecule has 1 rings (SSSR count). The van der Waals surface area contributed by atoms with Crippen molar-refractivity contribution in [2.45, 2.75) is 6.92 Å². The summed E-state index contributed by atoms with van der Waals surface area (Å²) in [6.45, 7) is 1.94. The van der Waals surface area contributed by atoms with Crippen molar-refractivity contribution in [2.24, 2.45) is 12.0 Å². The lowest BCUT2D eigenvalue weighted by molar-refractivity contribution is 0.625. The molecule has 0 spiro atoms. The first kappa shape index (κ1) is 10.3. The molecule has 13 heavy (non-hydrogen) atoms. The van der Waals surface area contributed by atoms with Gasteiger partial charge in [-0.25, -0.2) is 0 Å². The number of hydrogen-bond acceptors (Lipinski definition) is 3. The van der Waals surface area contributed by atoms with E-state index in [2.05, 4.69) is 9.37 Å². The van der Waals surface area contributed by atoms with Crippen molar-refractivity contribution >= 4 is 28.9 Å². The molecule has 0 N–H and O–H groups in total. The molecule has 1 aromatic heterocycles. The predicted octanol–water partition coefficient (Wildman–Crippen LogP) is 0.537. The lowest BCUT2D eigenvalue weighted by atomic mass is 10.7. The Morgan fingerprint density at radius 2 is 2.23 bits per heavy atom. The summed E-state index contributed by atoms with van der Waals surface area (Å²) in [5.41, 5.74) is 0. The summed E-state index contributed by atoms with van der Waals surface area (Å²) in [4.78, 5) is 6.88. The average Bonchev–Trinajstić information content (AvgIpc) is 2.36. The van der Waals surface area contributed by atoms with Gasteiger partial charge in [-0.3, -0.25) is 0 Å². The molecular weight excluding hydrogens is 204 g/mol. The number of nitrogens with zero attached hydrogens (tertiary/aromatic N) is 4. The molecule has 1 aromatic rings. The summed E-state index contributed by atoms with van der Waals surface area (Å²) in [6, 6.07) is 0. The molecule has 0 amide bonds. The van der Waals surface area contributed by atoms with Gasteiger partial charge in [0.05, 0.1) is 0 Å². The molecule has 0 bridgehead atoms. The van der Waals surface area contributed by atoms with E-state index < -0.39 is 0 Å². The van der Waals surface area contributed by atoms with Gasteiger partial charge >= 0.3 is 0 Å². The highest BCUT2D eigenvalue weighted by Crippen LogP contribution is 1.91. The van der Waals surface area contributed by atoms with E-state index in [1.807, 2.05) is 32.6 Å². The molecule has 0 atom stereocenters. The molecular formula is C7H12N4S2. The van der Waals surface area contributed by atoms with Crippen molar-refractivity contribution in [3.05, 3.63) is 10.6 Å². The number of rotatable bonds is 0. The van der Waals surface area contributed by atoms with E-state index >= 15 is 0 Å². The van der Waals surface area contributed by atoms with Crippen LogP contribution in [0.5, 0.6) is 0 Å². The molecule has 0 aromatic carbocycles. The summed E-state index contributed by atoms with van der Waals surface area (Å²) in [5.74, 6) is 0.949. The third kappa shape index (κ3) is 2.35. The zero-order valence-electron chi connectivity index (χ0n) is 8.11. The van der Waals surface area contributed by atoms with Gasteiger partial charge in [-0.1, -0.05) is 0 Å². The quantitative estimate of drug-likeness (QED) is 0.593. The van der Waals surface area contributed by atoms with E-state index in [4.69, 9.17) is 12.2 Å². The Morgan fingerprint density at radius 1 is 1.62 bits per heavy atom. The lowest BCUT2D eigenvalue weighted by Gasteiger charge is -2.07. The predicted molar refractivity (Wildman–Crippen MR) is 57.7 cm³/mol. The molecule has 1 heterocycles. The second-order valence-corrected chi connectivity index (χ2v) is 3.96. The zero-order chi connectivity index (χ0) is 10.0. The van der Waals surface area contributed by atoms with E-state index in [0.717, 1.165) is 10.6 Å². The molecule has 4 nitrogen and oxygen atoms in total. The minimum absolute atomic E-state index is 0.569. The molecule has 6 heteroatoms. The number of hydrogen-bond donors (Lipinski definition) is 0. The van der Waals surface area contributed by atoms with Gasteiger partial charge in [0.1, 0.15) is 5.82 Å². The van der Waals surface area contributed by atoms with Crippen LogP contribution in [0.3, 0.4) is 0 Å². The summed E-state index contributed by atoms with van der Waals surface area (Å²) in [5, 5.41) is 0.569. The van der Waals surface area contributed by atoms with Gasteiger partial charge in [0.2, 0.25) is 4.80 Å². The smallest absolute Gasteiger partial charge is 0.211 e. The minimum atomic E-state index is 0.569. The molecule has 72 valence electrons. The standard InChI is InChI=1S/C7H12N4S2/c1-5-9-13-7(11(5)4)8-6(12)10(2)3/h1-4H3/b8-7+. The second-order valence-electron chi connectivity index (χ2n) is 2.86. The second kappa shape index (κ2) is 3.97. The number of aryl methyl sites for hydroxylation is 1. The molecule has 0 aliphatic rings. The van der Waals surface area contributed by atoms with E-state index in [1.54, 1.807) is 4.90 Å². The van der Waals surface area contributed by atoms with Crippen molar-refractivity contribution in [3.8, 4) is 0 Å². The maximum atomic E-state index is 5.05. The minimum Gasteiger partial charge on any atom is -0.353 e. The van der Waals surface area contributed by atoms with Crippen molar-refractivity contribution in [1.82, 2.24) is 13.8 Å². The summed E-state index contributed by atoms with van der Waals surface area (Å²) in [7, 11) is 5.68. The molecule has 0 saturated heterocycles. The third-order valence-corrected chi connectivity index (χ3v) is 2.95. The van der Waals surface area contributed by atoms with Crippen molar-refractivity contribution in [1.29, 1.82) is 0 Å². The van der Waals surface area contributed by atoms with Crippen molar-refractivity contribution < 1.29 is 0 Å². The maximum absolute atomic E-state index is 5.05. The lowest BCUT2D eigenvalue weighted by Crippen LogP contribution is -2.22. The summed E-state index contributed by atoms with van der Waals surface area (Å²) >= 11 is 6.41. The first-order valence-electron chi connectivity index (χ1n) is 3.77. The number of aromatic nitrogens is 2. The molecule has 0 saturated carbocycles. The van der Waals surface area contributed by atoms with E-state index in [-0.39, 0.29) is 0 Å². The third-order valence-electron chi connectivity index (χ3n) is 1.61. The Kier molecular flexibility index (Phi) is 3.16. The Balaban J connectivity index is 3.08. The summed E-state index contributed by atoms with van der Waals surface area (Å²) < 4.78 is 6.08. The largest absolute Gasteiger partial charge is 0.353 e. The highest BCUT2D eigenvalue weighted by Gasteiger charge is 1.99. The first-order valence-corrected chi connectivity index (χ1v) is 4.96. The van der Waals surface area contributed by atoms with Crippen LogP contribution in [0.4, 0.5) is 0 Å². The van der Waals surface area contributed by atoms with Crippen molar-refractivity contribution in [3.63, 3.8) is 0 Å². The Hall–Kier alpha value is -0.750. The first-order chi connectivity index (χ1) is 6.02. The zero-order valence-corrected chi connectivity index (χ0v) is 9.74. The van der Waals surface area contributed by atoms with Crippen LogP contribution >= 0.6 is 23.8 Å². The van der Waals surface area contributed by atoms with Gasteiger partial charge < -0.3 is 9.47 Å². The van der Waals surface area contributed by atoms with Gasteiger partial charge in [0.15, 0.2) is 5.11 Å². The van der Waals surface area contributed by atoms with E-state index in [9.17, 15) is 0 Å². The van der Waals surface area contributed by atoms with E-state index in [0.29, 0.717) is 5.11 Å². The molecule has 0 aliphatic heterocycles. The van der Waals surface area contributed by atoms with E-state index in [1.165, 1.54) is 11.5 Å². The summed E-state index contributed by atoms with van der Waals surface area (Å²) in [6.07, 6.45) is 0. The van der Waals surface area contributed by atoms with Crippen LogP contribution in [0.2, 0.25) is 0 Å². The Labute approximate surface area is 86.7 Å². The van der Waals surface area contributed by atoms with Crippen LogP contribution in [-0.4, -0.2) is 33.0 Å². The molecule has 0 aliphatic carbocycles.